The van der Waals surface area contributed by atoms with Crippen molar-refractivity contribution in [3.8, 4) is 5.75 Å². The molecular formula is C18H24BrNO3. The molecule has 0 saturated carbocycles. The predicted octanol–water partition coefficient (Wildman–Crippen LogP) is 4.72. The molecule has 2 heterocycles. The first kappa shape index (κ1) is 16.6. The van der Waals surface area contributed by atoms with Crippen molar-refractivity contribution in [1.82, 2.24) is 4.90 Å². The highest BCUT2D eigenvalue weighted by Gasteiger charge is 2.43. The minimum Gasteiger partial charge on any atom is -0.487 e. The minimum atomic E-state index is -0.231. The second-order valence-corrected chi connectivity index (χ2v) is 7.53. The van der Waals surface area contributed by atoms with Gasteiger partial charge in [-0.3, -0.25) is 0 Å². The van der Waals surface area contributed by atoms with Crippen LogP contribution in [0, 0.1) is 0 Å². The van der Waals surface area contributed by atoms with E-state index in [2.05, 4.69) is 35.0 Å². The molecule has 1 spiro atoms. The molecule has 0 bridgehead atoms. The molecule has 1 amide bonds. The molecule has 2 aliphatic rings. The average molecular weight is 382 g/mol. The summed E-state index contributed by atoms with van der Waals surface area (Å²) in [6.07, 6.45) is 4.90. The number of fused-ring (bicyclic) bond motifs is 1. The highest BCUT2D eigenvalue weighted by Crippen LogP contribution is 2.47. The van der Waals surface area contributed by atoms with E-state index in [0.29, 0.717) is 19.0 Å². The molecule has 1 aromatic rings. The van der Waals surface area contributed by atoms with Crippen molar-refractivity contribution in [1.29, 1.82) is 0 Å². The van der Waals surface area contributed by atoms with Crippen LogP contribution in [0.1, 0.15) is 50.5 Å². The number of carbonyl (C=O) groups is 1. The highest BCUT2D eigenvalue weighted by atomic mass is 79.9. The number of methoxy groups -OCH3 is 1. The van der Waals surface area contributed by atoms with Crippen molar-refractivity contribution in [2.75, 3.05) is 20.2 Å². The van der Waals surface area contributed by atoms with Gasteiger partial charge < -0.3 is 14.4 Å². The largest absolute Gasteiger partial charge is 0.487 e. The summed E-state index contributed by atoms with van der Waals surface area (Å²) in [6.45, 7) is 3.65. The van der Waals surface area contributed by atoms with E-state index in [4.69, 9.17) is 9.47 Å². The van der Waals surface area contributed by atoms with E-state index >= 15 is 0 Å². The van der Waals surface area contributed by atoms with Gasteiger partial charge >= 0.3 is 6.09 Å². The Labute approximate surface area is 146 Å². The number of hydrogen-bond donors (Lipinski definition) is 0. The van der Waals surface area contributed by atoms with Gasteiger partial charge in [-0.05, 0) is 42.5 Å². The fourth-order valence-corrected chi connectivity index (χ4v) is 4.28. The van der Waals surface area contributed by atoms with E-state index < -0.39 is 0 Å². The van der Waals surface area contributed by atoms with Crippen molar-refractivity contribution >= 4 is 22.0 Å². The molecule has 1 saturated heterocycles. The van der Waals surface area contributed by atoms with Crippen LogP contribution in [0.4, 0.5) is 4.79 Å². The van der Waals surface area contributed by atoms with Crippen LogP contribution in [0.2, 0.25) is 0 Å². The Morgan fingerprint density at radius 3 is 2.83 bits per heavy atom. The first-order chi connectivity index (χ1) is 11.1. The van der Waals surface area contributed by atoms with E-state index in [1.54, 1.807) is 4.90 Å². The van der Waals surface area contributed by atoms with Crippen LogP contribution in [0.5, 0.6) is 5.75 Å². The molecule has 0 radical (unpaired) electrons. The summed E-state index contributed by atoms with van der Waals surface area (Å²) in [6, 6.07) is 6.33. The van der Waals surface area contributed by atoms with Gasteiger partial charge in [-0.2, -0.15) is 0 Å². The van der Waals surface area contributed by atoms with Crippen molar-refractivity contribution in [2.24, 2.45) is 0 Å². The second kappa shape index (κ2) is 6.71. The maximum absolute atomic E-state index is 11.7. The normalized spacial score (nSPS) is 22.4. The molecule has 5 heteroatoms. The van der Waals surface area contributed by atoms with Gasteiger partial charge in [0.05, 0.1) is 7.11 Å². The highest BCUT2D eigenvalue weighted by molar-refractivity contribution is 9.10. The van der Waals surface area contributed by atoms with Gasteiger partial charge in [-0.1, -0.05) is 29.3 Å². The third-order valence-electron chi connectivity index (χ3n) is 5.10. The van der Waals surface area contributed by atoms with Crippen molar-refractivity contribution in [2.45, 2.75) is 50.5 Å². The lowest BCUT2D eigenvalue weighted by atomic mass is 9.76. The zero-order valence-corrected chi connectivity index (χ0v) is 15.4. The van der Waals surface area contributed by atoms with Crippen LogP contribution in [0.25, 0.3) is 0 Å². The van der Waals surface area contributed by atoms with E-state index in [1.807, 2.05) is 6.07 Å². The Morgan fingerprint density at radius 2 is 2.17 bits per heavy atom. The maximum atomic E-state index is 11.7. The Balaban J connectivity index is 1.81. The monoisotopic (exact) mass is 381 g/mol. The Morgan fingerprint density at radius 1 is 1.43 bits per heavy atom. The van der Waals surface area contributed by atoms with Crippen LogP contribution in [0.3, 0.4) is 0 Å². The van der Waals surface area contributed by atoms with Gasteiger partial charge in [0.2, 0.25) is 0 Å². The summed E-state index contributed by atoms with van der Waals surface area (Å²) in [4.78, 5) is 13.5. The number of piperidine rings is 1. The second-order valence-electron chi connectivity index (χ2n) is 6.61. The van der Waals surface area contributed by atoms with E-state index in [9.17, 15) is 4.79 Å². The van der Waals surface area contributed by atoms with E-state index in [1.165, 1.54) is 25.5 Å². The third kappa shape index (κ3) is 3.35. The summed E-state index contributed by atoms with van der Waals surface area (Å²) in [5.41, 5.74) is 1.19. The topological polar surface area (TPSA) is 38.8 Å². The van der Waals surface area contributed by atoms with Crippen molar-refractivity contribution < 1.29 is 14.3 Å². The fourth-order valence-electron chi connectivity index (χ4n) is 3.90. The SMILES string of the molecule is CCCC1CC2(CCN(C(=O)OC)CC2)Oc2ccc(Br)cc21. The number of nitrogens with zero attached hydrogens (tertiary/aromatic N) is 1. The Hall–Kier alpha value is -1.23. The van der Waals surface area contributed by atoms with Crippen molar-refractivity contribution in [3.63, 3.8) is 0 Å². The minimum absolute atomic E-state index is 0.134. The smallest absolute Gasteiger partial charge is 0.409 e. The number of halogens is 1. The Bertz CT molecular complexity index is 582. The predicted molar refractivity (Wildman–Crippen MR) is 93.0 cm³/mol. The molecule has 2 aliphatic heterocycles. The number of amides is 1. The third-order valence-corrected chi connectivity index (χ3v) is 5.59. The number of benzene rings is 1. The summed E-state index contributed by atoms with van der Waals surface area (Å²) in [5, 5.41) is 0. The summed E-state index contributed by atoms with van der Waals surface area (Å²) >= 11 is 3.57. The van der Waals surface area contributed by atoms with E-state index in [0.717, 1.165) is 29.5 Å². The molecule has 23 heavy (non-hydrogen) atoms. The molecule has 1 atom stereocenters. The zero-order chi connectivity index (χ0) is 16.4. The number of rotatable bonds is 2. The van der Waals surface area contributed by atoms with Gasteiger partial charge in [0.1, 0.15) is 11.4 Å². The van der Waals surface area contributed by atoms with Gasteiger partial charge in [-0.15, -0.1) is 0 Å². The lowest BCUT2D eigenvalue weighted by molar-refractivity contribution is -0.0205. The molecule has 1 fully saturated rings. The van der Waals surface area contributed by atoms with Gasteiger partial charge in [0, 0.05) is 30.4 Å². The van der Waals surface area contributed by atoms with Crippen molar-refractivity contribution in [3.05, 3.63) is 28.2 Å². The average Bonchev–Trinajstić information content (AvgIpc) is 2.56. The van der Waals surface area contributed by atoms with Crippen LogP contribution < -0.4 is 4.74 Å². The molecule has 1 aromatic carbocycles. The summed E-state index contributed by atoms with van der Waals surface area (Å²) in [5.74, 6) is 1.55. The van der Waals surface area contributed by atoms with Crippen LogP contribution in [-0.2, 0) is 4.74 Å². The first-order valence-electron chi connectivity index (χ1n) is 8.38. The van der Waals surface area contributed by atoms with Crippen LogP contribution in [-0.4, -0.2) is 36.8 Å². The molecule has 0 aromatic heterocycles. The van der Waals surface area contributed by atoms with E-state index in [-0.39, 0.29) is 11.7 Å². The molecule has 0 N–H and O–H groups in total. The van der Waals surface area contributed by atoms with Gasteiger partial charge in [0.15, 0.2) is 0 Å². The number of carbonyl (C=O) groups excluding carboxylic acids is 1. The maximum Gasteiger partial charge on any atom is 0.409 e. The first-order valence-corrected chi connectivity index (χ1v) is 9.17. The quantitative estimate of drug-likeness (QED) is 0.743. The molecule has 0 aliphatic carbocycles. The Kier molecular flexibility index (Phi) is 4.85. The lowest BCUT2D eigenvalue weighted by Crippen LogP contribution is -2.51. The zero-order valence-electron chi connectivity index (χ0n) is 13.8. The number of likely N-dealkylation sites (tertiary alicyclic amines) is 1. The molecule has 126 valence electrons. The van der Waals surface area contributed by atoms with Gasteiger partial charge in [0.25, 0.3) is 0 Å². The number of hydrogen-bond acceptors (Lipinski definition) is 3. The van der Waals surface area contributed by atoms with Crippen LogP contribution >= 0.6 is 15.9 Å². The van der Waals surface area contributed by atoms with Crippen LogP contribution in [0.15, 0.2) is 22.7 Å². The molecule has 4 nitrogen and oxygen atoms in total. The standard InChI is InChI=1S/C18H24BrNO3/c1-3-4-13-12-18(7-9-20(10-8-18)17(21)22-2)23-16-6-5-14(19)11-15(13)16/h5-6,11,13H,3-4,7-10,12H2,1-2H3. The van der Waals surface area contributed by atoms with Gasteiger partial charge in [-0.25, -0.2) is 4.79 Å². The molecule has 1 unspecified atom stereocenters. The number of ether oxygens (including phenoxy) is 2. The summed E-state index contributed by atoms with van der Waals surface area (Å²) in [7, 11) is 1.44. The lowest BCUT2D eigenvalue weighted by Gasteiger charge is -2.46. The summed E-state index contributed by atoms with van der Waals surface area (Å²) < 4.78 is 12.4. The fraction of sp³-hybridized carbons (Fsp3) is 0.611. The molecular weight excluding hydrogens is 358 g/mol. The molecule has 3 rings (SSSR count).